The van der Waals surface area contributed by atoms with Gasteiger partial charge in [0.2, 0.25) is 0 Å². The molecule has 0 radical (unpaired) electrons. The second-order valence-electron chi connectivity index (χ2n) is 3.64. The molecule has 1 aliphatic heterocycles. The number of likely N-dealkylation sites (tertiary alicyclic amines) is 1. The SMILES string of the molecule is C=CCNC(=S)N1CC2CC2C1. The van der Waals surface area contributed by atoms with Gasteiger partial charge < -0.3 is 10.2 Å². The van der Waals surface area contributed by atoms with Crippen molar-refractivity contribution in [3.63, 3.8) is 0 Å². The molecule has 0 amide bonds. The first-order chi connectivity index (χ1) is 5.81. The summed E-state index contributed by atoms with van der Waals surface area (Å²) in [4.78, 5) is 2.28. The Morgan fingerprint density at radius 3 is 2.83 bits per heavy atom. The molecular formula is C9H14N2S. The molecule has 2 atom stereocenters. The van der Waals surface area contributed by atoms with E-state index < -0.39 is 0 Å². The number of piperidine rings is 1. The largest absolute Gasteiger partial charge is 0.359 e. The molecule has 1 N–H and O–H groups in total. The zero-order chi connectivity index (χ0) is 8.55. The van der Waals surface area contributed by atoms with Gasteiger partial charge in [-0.15, -0.1) is 6.58 Å². The van der Waals surface area contributed by atoms with E-state index in [0.29, 0.717) is 0 Å². The standard InChI is InChI=1S/C9H14N2S/c1-2-3-10-9(12)11-5-7-4-8(7)6-11/h2,7-8H,1,3-6H2,(H,10,12). The number of hydrogen-bond acceptors (Lipinski definition) is 1. The Bertz CT molecular complexity index is 205. The molecule has 0 bridgehead atoms. The minimum absolute atomic E-state index is 0.782. The number of hydrogen-bond donors (Lipinski definition) is 1. The third kappa shape index (κ3) is 1.46. The van der Waals surface area contributed by atoms with Crippen LogP contribution in [0.2, 0.25) is 0 Å². The van der Waals surface area contributed by atoms with E-state index in [1.54, 1.807) is 0 Å². The summed E-state index contributed by atoms with van der Waals surface area (Å²) in [5.41, 5.74) is 0. The fraction of sp³-hybridized carbons (Fsp3) is 0.667. The Morgan fingerprint density at radius 1 is 1.58 bits per heavy atom. The fourth-order valence-electron chi connectivity index (χ4n) is 1.84. The van der Waals surface area contributed by atoms with Crippen molar-refractivity contribution in [3.05, 3.63) is 12.7 Å². The molecule has 0 aromatic heterocycles. The normalized spacial score (nSPS) is 31.2. The average Bonchev–Trinajstić information content (AvgIpc) is 2.69. The maximum atomic E-state index is 5.22. The van der Waals surface area contributed by atoms with Crippen LogP contribution in [-0.4, -0.2) is 29.6 Å². The van der Waals surface area contributed by atoms with Crippen molar-refractivity contribution in [2.24, 2.45) is 11.8 Å². The van der Waals surface area contributed by atoms with Gasteiger partial charge in [0.1, 0.15) is 0 Å². The Morgan fingerprint density at radius 2 is 2.25 bits per heavy atom. The maximum absolute atomic E-state index is 5.22. The van der Waals surface area contributed by atoms with E-state index in [9.17, 15) is 0 Å². The van der Waals surface area contributed by atoms with Gasteiger partial charge in [0.15, 0.2) is 5.11 Å². The van der Waals surface area contributed by atoms with Crippen molar-refractivity contribution in [1.29, 1.82) is 0 Å². The quantitative estimate of drug-likeness (QED) is 0.506. The van der Waals surface area contributed by atoms with Crippen LogP contribution in [0.15, 0.2) is 12.7 Å². The number of nitrogens with one attached hydrogen (secondary N) is 1. The molecule has 1 saturated heterocycles. The molecule has 2 unspecified atom stereocenters. The topological polar surface area (TPSA) is 15.3 Å². The molecule has 1 heterocycles. The molecule has 2 nitrogen and oxygen atoms in total. The van der Waals surface area contributed by atoms with E-state index in [0.717, 1.165) is 23.5 Å². The van der Waals surface area contributed by atoms with Crippen molar-refractivity contribution in [2.45, 2.75) is 6.42 Å². The van der Waals surface area contributed by atoms with Gasteiger partial charge in [0.25, 0.3) is 0 Å². The zero-order valence-corrected chi connectivity index (χ0v) is 7.94. The Labute approximate surface area is 78.6 Å². The highest BCUT2D eigenvalue weighted by Crippen LogP contribution is 2.44. The Hall–Kier alpha value is -0.570. The summed E-state index contributed by atoms with van der Waals surface area (Å²) < 4.78 is 0. The Kier molecular flexibility index (Phi) is 2.05. The summed E-state index contributed by atoms with van der Waals surface area (Å²) in [6.45, 7) is 6.77. The lowest BCUT2D eigenvalue weighted by Gasteiger charge is -2.21. The molecule has 3 heteroatoms. The van der Waals surface area contributed by atoms with Gasteiger partial charge in [-0.25, -0.2) is 0 Å². The first-order valence-corrected chi connectivity index (χ1v) is 4.85. The van der Waals surface area contributed by atoms with E-state index in [1.165, 1.54) is 19.5 Å². The first kappa shape index (κ1) is 8.05. The highest BCUT2D eigenvalue weighted by molar-refractivity contribution is 7.80. The summed E-state index contributed by atoms with van der Waals surface area (Å²) >= 11 is 5.22. The molecular weight excluding hydrogens is 168 g/mol. The van der Waals surface area contributed by atoms with Crippen molar-refractivity contribution in [2.75, 3.05) is 19.6 Å². The smallest absolute Gasteiger partial charge is 0.169 e. The molecule has 2 aliphatic rings. The van der Waals surface area contributed by atoms with Crippen molar-refractivity contribution in [1.82, 2.24) is 10.2 Å². The van der Waals surface area contributed by atoms with Crippen LogP contribution in [0.4, 0.5) is 0 Å². The predicted octanol–water partition coefficient (Wildman–Crippen LogP) is 0.999. The second kappa shape index (κ2) is 3.05. The number of nitrogens with zero attached hydrogens (tertiary/aromatic N) is 1. The predicted molar refractivity (Wildman–Crippen MR) is 54.0 cm³/mol. The molecule has 1 saturated carbocycles. The summed E-state index contributed by atoms with van der Waals surface area (Å²) in [6, 6.07) is 0. The van der Waals surface area contributed by atoms with Crippen molar-refractivity contribution < 1.29 is 0 Å². The van der Waals surface area contributed by atoms with E-state index in [2.05, 4.69) is 16.8 Å². The van der Waals surface area contributed by atoms with Crippen LogP contribution in [0.1, 0.15) is 6.42 Å². The van der Waals surface area contributed by atoms with E-state index >= 15 is 0 Å². The van der Waals surface area contributed by atoms with Crippen molar-refractivity contribution >= 4 is 17.3 Å². The molecule has 12 heavy (non-hydrogen) atoms. The molecule has 0 aromatic rings. The fourth-order valence-corrected chi connectivity index (χ4v) is 2.07. The molecule has 0 spiro atoms. The van der Waals surface area contributed by atoms with Crippen LogP contribution in [0, 0.1) is 11.8 Å². The van der Waals surface area contributed by atoms with Crippen LogP contribution in [0.25, 0.3) is 0 Å². The zero-order valence-electron chi connectivity index (χ0n) is 7.12. The van der Waals surface area contributed by atoms with Crippen LogP contribution >= 0.6 is 12.2 Å². The van der Waals surface area contributed by atoms with E-state index in [1.807, 2.05) is 6.08 Å². The van der Waals surface area contributed by atoms with Gasteiger partial charge in [0.05, 0.1) is 0 Å². The highest BCUT2D eigenvalue weighted by Gasteiger charge is 2.45. The third-order valence-corrected chi connectivity index (χ3v) is 3.07. The monoisotopic (exact) mass is 182 g/mol. The third-order valence-electron chi connectivity index (χ3n) is 2.66. The molecule has 1 aliphatic carbocycles. The van der Waals surface area contributed by atoms with Crippen LogP contribution < -0.4 is 5.32 Å². The van der Waals surface area contributed by atoms with Gasteiger partial charge in [0, 0.05) is 19.6 Å². The number of fused-ring (bicyclic) bond motifs is 1. The molecule has 2 fully saturated rings. The van der Waals surface area contributed by atoms with Crippen molar-refractivity contribution in [3.8, 4) is 0 Å². The van der Waals surface area contributed by atoms with Crippen LogP contribution in [-0.2, 0) is 0 Å². The molecule has 2 rings (SSSR count). The summed E-state index contributed by atoms with van der Waals surface area (Å²) in [7, 11) is 0. The maximum Gasteiger partial charge on any atom is 0.169 e. The van der Waals surface area contributed by atoms with Gasteiger partial charge in [-0.3, -0.25) is 0 Å². The first-order valence-electron chi connectivity index (χ1n) is 4.45. The number of rotatable bonds is 2. The van der Waals surface area contributed by atoms with E-state index in [4.69, 9.17) is 12.2 Å². The van der Waals surface area contributed by atoms with Crippen LogP contribution in [0.5, 0.6) is 0 Å². The summed E-state index contributed by atoms with van der Waals surface area (Å²) in [5, 5.41) is 4.06. The van der Waals surface area contributed by atoms with E-state index in [-0.39, 0.29) is 0 Å². The van der Waals surface area contributed by atoms with Gasteiger partial charge in [-0.2, -0.15) is 0 Å². The second-order valence-corrected chi connectivity index (χ2v) is 4.02. The minimum Gasteiger partial charge on any atom is -0.359 e. The lowest BCUT2D eigenvalue weighted by Crippen LogP contribution is -2.39. The lowest BCUT2D eigenvalue weighted by molar-refractivity contribution is 0.455. The highest BCUT2D eigenvalue weighted by atomic mass is 32.1. The lowest BCUT2D eigenvalue weighted by atomic mass is 10.4. The molecule has 0 aromatic carbocycles. The average molecular weight is 182 g/mol. The van der Waals surface area contributed by atoms with Gasteiger partial charge >= 0.3 is 0 Å². The van der Waals surface area contributed by atoms with Crippen LogP contribution in [0.3, 0.4) is 0 Å². The Balaban J connectivity index is 1.77. The van der Waals surface area contributed by atoms with Gasteiger partial charge in [-0.05, 0) is 30.5 Å². The molecule has 66 valence electrons. The minimum atomic E-state index is 0.782. The van der Waals surface area contributed by atoms with Gasteiger partial charge in [-0.1, -0.05) is 6.08 Å². The number of thiocarbonyl (C=S) groups is 1. The summed E-state index contributed by atoms with van der Waals surface area (Å²) in [5.74, 6) is 1.90. The summed E-state index contributed by atoms with van der Waals surface area (Å²) in [6.07, 6.45) is 3.27.